The number of nitrogens with one attached hydrogen (secondary N) is 1. The number of hydrogen-bond acceptors (Lipinski definition) is 3. The first kappa shape index (κ1) is 13.6. The highest BCUT2D eigenvalue weighted by Gasteiger charge is 2.15. The van der Waals surface area contributed by atoms with E-state index in [0.717, 1.165) is 6.07 Å². The number of benzene rings is 1. The van der Waals surface area contributed by atoms with Crippen molar-refractivity contribution >= 4 is 5.97 Å². The van der Waals surface area contributed by atoms with Gasteiger partial charge in [0.05, 0.1) is 13.7 Å². The first-order valence-corrected chi connectivity index (χ1v) is 5.33. The third-order valence-electron chi connectivity index (χ3n) is 2.47. The van der Waals surface area contributed by atoms with E-state index in [1.165, 1.54) is 19.2 Å². The zero-order valence-electron chi connectivity index (χ0n) is 9.80. The van der Waals surface area contributed by atoms with Gasteiger partial charge in [0.1, 0.15) is 11.6 Å². The number of methoxy groups -OCH3 is 1. The van der Waals surface area contributed by atoms with Gasteiger partial charge in [0.25, 0.3) is 0 Å². The number of hydrogen-bond donors (Lipinski definition) is 1. The summed E-state index contributed by atoms with van der Waals surface area (Å²) < 4.78 is 30.7. The molecule has 0 saturated carbocycles. The van der Waals surface area contributed by atoms with E-state index >= 15 is 0 Å². The summed E-state index contributed by atoms with van der Waals surface area (Å²) in [5, 5.41) is 2.86. The zero-order chi connectivity index (χ0) is 12.8. The Balaban J connectivity index is 2.75. The number of halogens is 2. The van der Waals surface area contributed by atoms with E-state index in [4.69, 9.17) is 0 Å². The molecular formula is C12H15F2NO2. The fourth-order valence-electron chi connectivity index (χ4n) is 1.54. The number of esters is 1. The second-order valence-electron chi connectivity index (χ2n) is 3.58. The topological polar surface area (TPSA) is 38.3 Å². The Kier molecular flexibility index (Phi) is 5.03. The molecule has 5 heteroatoms. The SMILES string of the molecule is CCC(NCC(=O)OC)c1ccc(F)cc1F. The summed E-state index contributed by atoms with van der Waals surface area (Å²) in [5.74, 6) is -1.66. The standard InChI is InChI=1S/C12H15F2NO2/c1-3-11(15-7-12(16)17-2)9-5-4-8(13)6-10(9)14/h4-6,11,15H,3,7H2,1-2H3. The first-order valence-electron chi connectivity index (χ1n) is 5.33. The molecule has 0 heterocycles. The molecule has 0 aliphatic rings. The quantitative estimate of drug-likeness (QED) is 0.805. The summed E-state index contributed by atoms with van der Waals surface area (Å²) in [6.07, 6.45) is 0.583. The van der Waals surface area contributed by atoms with E-state index in [2.05, 4.69) is 10.1 Å². The van der Waals surface area contributed by atoms with Crippen LogP contribution >= 0.6 is 0 Å². The van der Waals surface area contributed by atoms with Crippen LogP contribution in [0.2, 0.25) is 0 Å². The maximum absolute atomic E-state index is 13.5. The minimum absolute atomic E-state index is 0.00811. The highest BCUT2D eigenvalue weighted by atomic mass is 19.1. The van der Waals surface area contributed by atoms with Crippen LogP contribution in [0.5, 0.6) is 0 Å². The van der Waals surface area contributed by atoms with Crippen molar-refractivity contribution in [2.45, 2.75) is 19.4 Å². The van der Waals surface area contributed by atoms with Gasteiger partial charge in [-0.3, -0.25) is 10.1 Å². The van der Waals surface area contributed by atoms with Crippen molar-refractivity contribution in [3.05, 3.63) is 35.4 Å². The molecule has 1 aromatic rings. The third kappa shape index (κ3) is 3.78. The van der Waals surface area contributed by atoms with Crippen molar-refractivity contribution in [1.29, 1.82) is 0 Å². The van der Waals surface area contributed by atoms with E-state index in [0.29, 0.717) is 12.0 Å². The van der Waals surface area contributed by atoms with Crippen molar-refractivity contribution in [3.8, 4) is 0 Å². The molecule has 0 amide bonds. The Hall–Kier alpha value is -1.49. The second kappa shape index (κ2) is 6.30. The molecule has 0 saturated heterocycles. The summed E-state index contributed by atoms with van der Waals surface area (Å²) in [6, 6.07) is 3.07. The normalized spacial score (nSPS) is 12.2. The second-order valence-corrected chi connectivity index (χ2v) is 3.58. The largest absolute Gasteiger partial charge is 0.468 e. The van der Waals surface area contributed by atoms with Gasteiger partial charge in [-0.1, -0.05) is 13.0 Å². The van der Waals surface area contributed by atoms with Gasteiger partial charge in [0.15, 0.2) is 0 Å². The third-order valence-corrected chi connectivity index (χ3v) is 2.47. The van der Waals surface area contributed by atoms with Crippen molar-refractivity contribution in [3.63, 3.8) is 0 Å². The molecule has 0 bridgehead atoms. The molecule has 17 heavy (non-hydrogen) atoms. The van der Waals surface area contributed by atoms with E-state index in [9.17, 15) is 13.6 Å². The lowest BCUT2D eigenvalue weighted by molar-refractivity contribution is -0.139. The molecule has 0 aromatic heterocycles. The summed E-state index contributed by atoms with van der Waals surface area (Å²) >= 11 is 0. The van der Waals surface area contributed by atoms with Gasteiger partial charge in [-0.15, -0.1) is 0 Å². The summed E-state index contributed by atoms with van der Waals surface area (Å²) in [7, 11) is 1.28. The number of ether oxygens (including phenoxy) is 1. The number of rotatable bonds is 5. The molecule has 1 unspecified atom stereocenters. The van der Waals surface area contributed by atoms with Crippen LogP contribution in [-0.4, -0.2) is 19.6 Å². The predicted molar refractivity (Wildman–Crippen MR) is 59.4 cm³/mol. The van der Waals surface area contributed by atoms with Gasteiger partial charge in [-0.05, 0) is 12.5 Å². The molecule has 3 nitrogen and oxygen atoms in total. The number of carbonyl (C=O) groups is 1. The van der Waals surface area contributed by atoms with E-state index in [1.807, 2.05) is 6.92 Å². The zero-order valence-corrected chi connectivity index (χ0v) is 9.80. The average molecular weight is 243 g/mol. The van der Waals surface area contributed by atoms with Crippen molar-refractivity contribution in [1.82, 2.24) is 5.32 Å². The maximum Gasteiger partial charge on any atom is 0.319 e. The molecule has 1 atom stereocenters. The molecule has 1 aromatic carbocycles. The van der Waals surface area contributed by atoms with Gasteiger partial charge < -0.3 is 4.74 Å². The van der Waals surface area contributed by atoms with Crippen LogP contribution in [0.25, 0.3) is 0 Å². The minimum atomic E-state index is -0.617. The summed E-state index contributed by atoms with van der Waals surface area (Å²) in [4.78, 5) is 11.0. The van der Waals surface area contributed by atoms with Gasteiger partial charge >= 0.3 is 5.97 Å². The van der Waals surface area contributed by atoms with Crippen LogP contribution in [0.4, 0.5) is 8.78 Å². The van der Waals surface area contributed by atoms with E-state index in [-0.39, 0.29) is 12.6 Å². The smallest absolute Gasteiger partial charge is 0.319 e. The van der Waals surface area contributed by atoms with Crippen molar-refractivity contribution in [2.24, 2.45) is 0 Å². The van der Waals surface area contributed by atoms with Gasteiger partial charge in [-0.25, -0.2) is 8.78 Å². The lowest BCUT2D eigenvalue weighted by Gasteiger charge is -2.17. The van der Waals surface area contributed by atoms with Crippen LogP contribution in [0.15, 0.2) is 18.2 Å². The molecule has 0 aliphatic heterocycles. The lowest BCUT2D eigenvalue weighted by atomic mass is 10.0. The first-order chi connectivity index (χ1) is 8.08. The van der Waals surface area contributed by atoms with Crippen molar-refractivity contribution in [2.75, 3.05) is 13.7 Å². The van der Waals surface area contributed by atoms with Gasteiger partial charge in [0, 0.05) is 17.7 Å². The van der Waals surface area contributed by atoms with E-state index in [1.54, 1.807) is 0 Å². The van der Waals surface area contributed by atoms with Gasteiger partial charge in [-0.2, -0.15) is 0 Å². The molecule has 0 radical (unpaired) electrons. The summed E-state index contributed by atoms with van der Waals surface area (Å²) in [6.45, 7) is 1.84. The molecule has 0 spiro atoms. The highest BCUT2D eigenvalue weighted by Crippen LogP contribution is 2.20. The fraction of sp³-hybridized carbons (Fsp3) is 0.417. The molecule has 94 valence electrons. The summed E-state index contributed by atoms with van der Waals surface area (Å²) in [5.41, 5.74) is 0.345. The number of carbonyl (C=O) groups excluding carboxylic acids is 1. The Morgan fingerprint density at radius 3 is 2.71 bits per heavy atom. The monoisotopic (exact) mass is 243 g/mol. The molecule has 1 rings (SSSR count). The minimum Gasteiger partial charge on any atom is -0.468 e. The van der Waals surface area contributed by atoms with Gasteiger partial charge in [0.2, 0.25) is 0 Å². The molecule has 1 N–H and O–H groups in total. The lowest BCUT2D eigenvalue weighted by Crippen LogP contribution is -2.28. The molecule has 0 fully saturated rings. The molecule has 0 aliphatic carbocycles. The Morgan fingerprint density at radius 2 is 2.18 bits per heavy atom. The molecular weight excluding hydrogens is 228 g/mol. The maximum atomic E-state index is 13.5. The van der Waals surface area contributed by atoms with Crippen LogP contribution in [-0.2, 0) is 9.53 Å². The fourth-order valence-corrected chi connectivity index (χ4v) is 1.54. The average Bonchev–Trinajstić information content (AvgIpc) is 2.31. The van der Waals surface area contributed by atoms with Crippen LogP contribution in [0, 0.1) is 11.6 Å². The highest BCUT2D eigenvalue weighted by molar-refractivity contribution is 5.71. The van der Waals surface area contributed by atoms with Crippen LogP contribution in [0.1, 0.15) is 24.9 Å². The Morgan fingerprint density at radius 1 is 1.47 bits per heavy atom. The Labute approximate surface area is 98.8 Å². The predicted octanol–water partition coefficient (Wildman–Crippen LogP) is 2.18. The van der Waals surface area contributed by atoms with Crippen LogP contribution < -0.4 is 5.32 Å². The Bertz CT molecular complexity index is 396. The van der Waals surface area contributed by atoms with E-state index < -0.39 is 17.6 Å². The van der Waals surface area contributed by atoms with Crippen molar-refractivity contribution < 1.29 is 18.3 Å². The van der Waals surface area contributed by atoms with Crippen LogP contribution in [0.3, 0.4) is 0 Å².